The van der Waals surface area contributed by atoms with Crippen LogP contribution in [0.1, 0.15) is 69.3 Å². The number of amides is 4. The van der Waals surface area contributed by atoms with E-state index in [2.05, 4.69) is 15.6 Å². The quantitative estimate of drug-likeness (QED) is 0.319. The van der Waals surface area contributed by atoms with Crippen LogP contribution in [0.5, 0.6) is 0 Å². The minimum atomic E-state index is -0.987. The van der Waals surface area contributed by atoms with Crippen LogP contribution in [0.3, 0.4) is 0 Å². The number of fused-ring (bicyclic) bond motifs is 1. The molecule has 1 saturated heterocycles. The molecule has 47 heavy (non-hydrogen) atoms. The summed E-state index contributed by atoms with van der Waals surface area (Å²) in [6.45, 7) is 10.0. The summed E-state index contributed by atoms with van der Waals surface area (Å²) in [6.07, 6.45) is 0.565. The van der Waals surface area contributed by atoms with E-state index in [4.69, 9.17) is 0 Å². The molecule has 4 atom stereocenters. The highest BCUT2D eigenvalue weighted by molar-refractivity contribution is 7.13. The summed E-state index contributed by atoms with van der Waals surface area (Å²) in [6, 6.07) is 13.0. The molecule has 2 aliphatic rings. The van der Waals surface area contributed by atoms with Crippen LogP contribution in [-0.4, -0.2) is 74.3 Å². The second-order valence-electron chi connectivity index (χ2n) is 13.6. The number of aliphatic hydroxyl groups is 1. The summed E-state index contributed by atoms with van der Waals surface area (Å²) in [5.41, 5.74) is 6.03. The largest absolute Gasteiger partial charge is 0.391 e. The van der Waals surface area contributed by atoms with E-state index in [9.17, 15) is 24.3 Å². The summed E-state index contributed by atoms with van der Waals surface area (Å²) in [5, 5.41) is 16.5. The summed E-state index contributed by atoms with van der Waals surface area (Å²) in [4.78, 5) is 63.2. The number of aryl methyl sites for hydroxylation is 1. The molecule has 1 fully saturated rings. The van der Waals surface area contributed by atoms with Gasteiger partial charge in [0.2, 0.25) is 23.6 Å². The minimum Gasteiger partial charge on any atom is -0.391 e. The Bertz CT molecular complexity index is 1610. The van der Waals surface area contributed by atoms with E-state index < -0.39 is 41.5 Å². The molecule has 10 nitrogen and oxygen atoms in total. The average molecular weight is 660 g/mol. The Hall–Kier alpha value is -4.09. The molecular formula is C36H45N5O5S. The maximum atomic E-state index is 14.2. The highest BCUT2D eigenvalue weighted by Gasteiger charge is 2.45. The molecule has 250 valence electrons. The van der Waals surface area contributed by atoms with Gasteiger partial charge in [0.1, 0.15) is 18.1 Å². The van der Waals surface area contributed by atoms with Gasteiger partial charge in [-0.05, 0) is 41.0 Å². The van der Waals surface area contributed by atoms with E-state index in [0.717, 1.165) is 32.8 Å². The topological polar surface area (TPSA) is 132 Å². The van der Waals surface area contributed by atoms with Crippen molar-refractivity contribution in [1.29, 1.82) is 0 Å². The number of carbonyl (C=O) groups is 4. The third-order valence-corrected chi connectivity index (χ3v) is 10.0. The number of hydrogen-bond donors (Lipinski definition) is 3. The van der Waals surface area contributed by atoms with Crippen molar-refractivity contribution < 1.29 is 24.3 Å². The molecule has 3 N–H and O–H groups in total. The van der Waals surface area contributed by atoms with Crippen LogP contribution < -0.4 is 10.6 Å². The van der Waals surface area contributed by atoms with Gasteiger partial charge in [0.25, 0.3) is 0 Å². The number of nitrogens with zero attached hydrogens (tertiary/aromatic N) is 3. The molecule has 2 aromatic carbocycles. The number of likely N-dealkylation sites (tertiary alicyclic amines) is 1. The van der Waals surface area contributed by atoms with Gasteiger partial charge in [-0.25, -0.2) is 4.98 Å². The highest BCUT2D eigenvalue weighted by Crippen LogP contribution is 2.30. The Morgan fingerprint density at radius 3 is 2.34 bits per heavy atom. The van der Waals surface area contributed by atoms with Gasteiger partial charge in [0, 0.05) is 38.9 Å². The van der Waals surface area contributed by atoms with E-state index in [1.165, 1.54) is 4.90 Å². The van der Waals surface area contributed by atoms with E-state index in [1.807, 2.05) is 88.7 Å². The van der Waals surface area contributed by atoms with E-state index in [0.29, 0.717) is 25.8 Å². The third-order valence-electron chi connectivity index (χ3n) is 9.03. The number of hydrogen-bond acceptors (Lipinski definition) is 7. The first kappa shape index (κ1) is 34.3. The van der Waals surface area contributed by atoms with Gasteiger partial charge in [-0.1, -0.05) is 76.2 Å². The fourth-order valence-electron chi connectivity index (χ4n) is 6.40. The van der Waals surface area contributed by atoms with Crippen molar-refractivity contribution >= 4 is 35.0 Å². The summed E-state index contributed by atoms with van der Waals surface area (Å²) < 4.78 is 0. The molecule has 0 radical (unpaired) electrons. The van der Waals surface area contributed by atoms with Crippen LogP contribution >= 0.6 is 11.3 Å². The molecular weight excluding hydrogens is 614 g/mol. The van der Waals surface area contributed by atoms with Crippen LogP contribution in [0, 0.1) is 12.3 Å². The van der Waals surface area contributed by atoms with Gasteiger partial charge in [0.15, 0.2) is 0 Å². The van der Waals surface area contributed by atoms with Crippen molar-refractivity contribution in [3.63, 3.8) is 0 Å². The van der Waals surface area contributed by atoms with Crippen LogP contribution in [0.15, 0.2) is 54.0 Å². The average Bonchev–Trinajstić information content (AvgIpc) is 3.66. The maximum absolute atomic E-state index is 14.2. The van der Waals surface area contributed by atoms with E-state index >= 15 is 0 Å². The predicted octanol–water partition coefficient (Wildman–Crippen LogP) is 3.98. The Balaban J connectivity index is 1.29. The molecule has 5 rings (SSSR count). The van der Waals surface area contributed by atoms with Gasteiger partial charge in [0.05, 0.1) is 22.2 Å². The fourth-order valence-corrected chi connectivity index (χ4v) is 7.21. The first-order valence-electron chi connectivity index (χ1n) is 16.3. The smallest absolute Gasteiger partial charge is 0.246 e. The van der Waals surface area contributed by atoms with Crippen molar-refractivity contribution in [3.05, 3.63) is 76.4 Å². The molecule has 11 heteroatoms. The van der Waals surface area contributed by atoms with Crippen LogP contribution in [0.2, 0.25) is 0 Å². The number of carbonyl (C=O) groups excluding carboxylic acids is 4. The first-order valence-corrected chi connectivity index (χ1v) is 17.2. The molecule has 4 unspecified atom stereocenters. The molecule has 3 aromatic rings. The lowest BCUT2D eigenvalue weighted by Crippen LogP contribution is -2.61. The van der Waals surface area contributed by atoms with Crippen molar-refractivity contribution in [3.8, 4) is 10.4 Å². The first-order chi connectivity index (χ1) is 22.4. The molecule has 1 aromatic heterocycles. The van der Waals surface area contributed by atoms with Gasteiger partial charge in [-0.3, -0.25) is 19.2 Å². The van der Waals surface area contributed by atoms with Crippen molar-refractivity contribution in [2.75, 3.05) is 6.54 Å². The Morgan fingerprint density at radius 2 is 1.70 bits per heavy atom. The highest BCUT2D eigenvalue weighted by atomic mass is 32.1. The molecule has 0 aliphatic carbocycles. The summed E-state index contributed by atoms with van der Waals surface area (Å²) in [5.74, 6) is -1.31. The zero-order chi connectivity index (χ0) is 33.9. The van der Waals surface area contributed by atoms with Gasteiger partial charge in [-0.15, -0.1) is 11.3 Å². The predicted molar refractivity (Wildman–Crippen MR) is 181 cm³/mol. The number of rotatable bonds is 9. The zero-order valence-corrected chi connectivity index (χ0v) is 28.6. The lowest BCUT2D eigenvalue weighted by atomic mass is 9.85. The van der Waals surface area contributed by atoms with Crippen LogP contribution in [0.25, 0.3) is 10.4 Å². The molecule has 2 aliphatic heterocycles. The summed E-state index contributed by atoms with van der Waals surface area (Å²) in [7, 11) is 0. The number of β-amino-alcohol motifs (C(OH)–C–C–N with tert-alkyl or cyclic N) is 1. The van der Waals surface area contributed by atoms with Gasteiger partial charge < -0.3 is 25.5 Å². The Morgan fingerprint density at radius 1 is 1.00 bits per heavy atom. The van der Waals surface area contributed by atoms with Gasteiger partial charge in [-0.2, -0.15) is 0 Å². The minimum absolute atomic E-state index is 0.0137. The molecule has 0 spiro atoms. The maximum Gasteiger partial charge on any atom is 0.246 e. The number of aliphatic hydroxyl groups excluding tert-OH is 1. The number of thiazole rings is 1. The van der Waals surface area contributed by atoms with Crippen molar-refractivity contribution in [2.45, 2.75) is 97.6 Å². The SMILES string of the molecule is CCCC(=O)N1Cc2ccccc2CC1C(=O)NC(C(=O)N1CC(O)CC1C(=O)NCc1ccc(-c2scnc2C)cc1)C(C)(C)C. The monoisotopic (exact) mass is 659 g/mol. The lowest BCUT2D eigenvalue weighted by molar-refractivity contribution is -0.147. The second kappa shape index (κ2) is 14.4. The molecule has 3 heterocycles. The van der Waals surface area contributed by atoms with E-state index in [-0.39, 0.29) is 31.3 Å². The number of aromatic nitrogens is 1. The Labute approximate surface area is 280 Å². The fraction of sp³-hybridized carbons (Fsp3) is 0.472. The normalized spacial score (nSPS) is 20.0. The van der Waals surface area contributed by atoms with Gasteiger partial charge >= 0.3 is 0 Å². The Kier molecular flexibility index (Phi) is 10.5. The molecule has 0 saturated carbocycles. The molecule has 0 bridgehead atoms. The zero-order valence-electron chi connectivity index (χ0n) is 27.8. The van der Waals surface area contributed by atoms with Crippen LogP contribution in [-0.2, 0) is 38.7 Å². The standard InChI is InChI=1S/C36H45N5O5S/c1-6-9-30(43)40-19-26-11-8-7-10-25(26)16-28(40)34(45)39-32(36(3,4)5)35(46)41-20-27(42)17-29(41)33(44)37-18-23-12-14-24(15-13-23)31-22(2)38-21-47-31/h7-8,10-15,21,27-29,32,42H,6,9,16-20H2,1-5H3,(H,37,44)(H,39,45). The van der Waals surface area contributed by atoms with Crippen molar-refractivity contribution in [1.82, 2.24) is 25.4 Å². The number of nitrogens with one attached hydrogen (secondary N) is 2. The second-order valence-corrected chi connectivity index (χ2v) is 14.5. The number of benzene rings is 2. The third kappa shape index (κ3) is 7.73. The lowest BCUT2D eigenvalue weighted by Gasteiger charge is -2.39. The molecule has 4 amide bonds. The summed E-state index contributed by atoms with van der Waals surface area (Å²) >= 11 is 1.58. The van der Waals surface area contributed by atoms with Crippen LogP contribution in [0.4, 0.5) is 0 Å². The van der Waals surface area contributed by atoms with Crippen molar-refractivity contribution in [2.24, 2.45) is 5.41 Å². The van der Waals surface area contributed by atoms with E-state index in [1.54, 1.807) is 16.2 Å².